The highest BCUT2D eigenvalue weighted by Crippen LogP contribution is 2.17. The molecule has 1 aromatic rings. The van der Waals surface area contributed by atoms with Gasteiger partial charge >= 0.3 is 6.03 Å². The van der Waals surface area contributed by atoms with Crippen molar-refractivity contribution < 1.29 is 4.79 Å². The van der Waals surface area contributed by atoms with Gasteiger partial charge in [-0.3, -0.25) is 4.98 Å². The molecule has 2 rings (SSSR count). The number of nitrogens with one attached hydrogen (secondary N) is 2. The van der Waals surface area contributed by atoms with Gasteiger partial charge in [-0.05, 0) is 49.3 Å². The van der Waals surface area contributed by atoms with E-state index < -0.39 is 0 Å². The monoisotopic (exact) mass is 273 g/mol. The topological polar surface area (TPSA) is 54.0 Å². The van der Waals surface area contributed by atoms with Gasteiger partial charge in [0, 0.05) is 18.9 Å². The van der Waals surface area contributed by atoms with E-state index in [0.29, 0.717) is 5.92 Å². The number of amides is 2. The van der Waals surface area contributed by atoms with Gasteiger partial charge in [0.05, 0.1) is 6.04 Å². The molecule has 4 nitrogen and oxygen atoms in total. The van der Waals surface area contributed by atoms with E-state index in [2.05, 4.69) is 34.7 Å². The number of nitrogens with zero attached hydrogens (tertiary/aromatic N) is 1. The summed E-state index contributed by atoms with van der Waals surface area (Å²) in [6.07, 6.45) is 12.2. The van der Waals surface area contributed by atoms with Crippen molar-refractivity contribution in [3.8, 4) is 0 Å². The molecule has 0 saturated carbocycles. The second kappa shape index (κ2) is 7.68. The van der Waals surface area contributed by atoms with Gasteiger partial charge < -0.3 is 10.6 Å². The third-order valence-corrected chi connectivity index (χ3v) is 3.75. The van der Waals surface area contributed by atoms with Gasteiger partial charge in [0.2, 0.25) is 0 Å². The maximum absolute atomic E-state index is 12.0. The van der Waals surface area contributed by atoms with Gasteiger partial charge in [-0.25, -0.2) is 4.79 Å². The third-order valence-electron chi connectivity index (χ3n) is 3.75. The average molecular weight is 273 g/mol. The van der Waals surface area contributed by atoms with Crippen molar-refractivity contribution in [2.45, 2.75) is 38.6 Å². The summed E-state index contributed by atoms with van der Waals surface area (Å²) in [5.74, 6) is 0.576. The molecule has 0 radical (unpaired) electrons. The Bertz CT molecular complexity index is 444. The fourth-order valence-corrected chi connectivity index (χ4v) is 2.50. The van der Waals surface area contributed by atoms with Crippen LogP contribution in [0, 0.1) is 5.92 Å². The summed E-state index contributed by atoms with van der Waals surface area (Å²) in [7, 11) is 0. The number of aromatic nitrogens is 1. The van der Waals surface area contributed by atoms with Crippen LogP contribution in [0.25, 0.3) is 0 Å². The second-order valence-electron chi connectivity index (χ2n) is 5.25. The molecule has 1 heterocycles. The molecule has 4 heteroatoms. The summed E-state index contributed by atoms with van der Waals surface area (Å²) in [5.41, 5.74) is 1.10. The summed E-state index contributed by atoms with van der Waals surface area (Å²) in [6.45, 7) is 2.82. The molecule has 0 bridgehead atoms. The number of hydrogen-bond donors (Lipinski definition) is 2. The van der Waals surface area contributed by atoms with Gasteiger partial charge in [-0.15, -0.1) is 0 Å². The first-order valence-electron chi connectivity index (χ1n) is 7.39. The van der Waals surface area contributed by atoms with E-state index in [1.807, 2.05) is 12.1 Å². The minimum atomic E-state index is -0.0804. The average Bonchev–Trinajstić information content (AvgIpc) is 2.52. The Morgan fingerprint density at radius 1 is 1.40 bits per heavy atom. The largest absolute Gasteiger partial charge is 0.338 e. The molecule has 108 valence electrons. The third kappa shape index (κ3) is 4.37. The molecule has 0 aliphatic heterocycles. The number of urea groups is 1. The Morgan fingerprint density at radius 2 is 2.20 bits per heavy atom. The van der Waals surface area contributed by atoms with Gasteiger partial charge in [0.15, 0.2) is 0 Å². The molecule has 2 N–H and O–H groups in total. The van der Waals surface area contributed by atoms with E-state index >= 15 is 0 Å². The molecule has 0 saturated heterocycles. The normalized spacial score (nSPS) is 19.4. The van der Waals surface area contributed by atoms with Crippen LogP contribution in [0.2, 0.25) is 0 Å². The van der Waals surface area contributed by atoms with E-state index in [-0.39, 0.29) is 12.1 Å². The Morgan fingerprint density at radius 3 is 2.85 bits per heavy atom. The minimum Gasteiger partial charge on any atom is -0.338 e. The lowest BCUT2D eigenvalue weighted by Gasteiger charge is -2.21. The van der Waals surface area contributed by atoms with Crippen LogP contribution in [0.4, 0.5) is 4.79 Å². The summed E-state index contributed by atoms with van der Waals surface area (Å²) in [6, 6.07) is 3.85. The second-order valence-corrected chi connectivity index (χ2v) is 5.25. The van der Waals surface area contributed by atoms with Crippen molar-refractivity contribution in [2.75, 3.05) is 6.54 Å². The molecule has 2 amide bonds. The Balaban J connectivity index is 1.79. The van der Waals surface area contributed by atoms with Crippen molar-refractivity contribution in [1.82, 2.24) is 15.6 Å². The number of carbonyl (C=O) groups excluding carboxylic acids is 1. The first-order valence-corrected chi connectivity index (χ1v) is 7.39. The Labute approximate surface area is 120 Å². The number of carbonyl (C=O) groups is 1. The van der Waals surface area contributed by atoms with Crippen LogP contribution in [0.1, 0.15) is 44.2 Å². The Hall–Kier alpha value is -1.84. The zero-order chi connectivity index (χ0) is 14.2. The fraction of sp³-hybridized carbons (Fsp3) is 0.500. The van der Waals surface area contributed by atoms with Gasteiger partial charge in [0.1, 0.15) is 0 Å². The highest BCUT2D eigenvalue weighted by atomic mass is 16.2. The standard InChI is InChI=1S/C16H23N3O/c1-2-15(14-8-10-17-11-9-14)19-16(20)18-12-13-6-4-3-5-7-13/h3-4,8-11,13,15H,2,5-7,12H2,1H3,(H2,18,19,20)/t13-,15-/m0/s1. The molecule has 2 atom stereocenters. The predicted octanol–water partition coefficient (Wildman–Crippen LogP) is 3.19. The molecule has 1 aliphatic carbocycles. The van der Waals surface area contributed by atoms with Crippen molar-refractivity contribution in [3.05, 3.63) is 42.2 Å². The number of allylic oxidation sites excluding steroid dienone is 2. The maximum atomic E-state index is 12.0. The molecule has 0 fully saturated rings. The minimum absolute atomic E-state index is 0.0456. The lowest BCUT2D eigenvalue weighted by molar-refractivity contribution is 0.234. The molecule has 0 unspecified atom stereocenters. The number of hydrogen-bond acceptors (Lipinski definition) is 2. The van der Waals surface area contributed by atoms with E-state index in [9.17, 15) is 4.79 Å². The quantitative estimate of drug-likeness (QED) is 0.809. The number of rotatable bonds is 5. The fourth-order valence-electron chi connectivity index (χ4n) is 2.50. The summed E-state index contributed by atoms with van der Waals surface area (Å²) in [5, 5.41) is 6.01. The first-order chi connectivity index (χ1) is 9.79. The van der Waals surface area contributed by atoms with E-state index in [1.54, 1.807) is 12.4 Å². The van der Waals surface area contributed by atoms with Gasteiger partial charge in [0.25, 0.3) is 0 Å². The van der Waals surface area contributed by atoms with Crippen LogP contribution in [0.3, 0.4) is 0 Å². The van der Waals surface area contributed by atoms with Crippen LogP contribution in [0.15, 0.2) is 36.7 Å². The molecule has 0 spiro atoms. The maximum Gasteiger partial charge on any atom is 0.315 e. The first kappa shape index (κ1) is 14.6. The molecule has 1 aliphatic rings. The summed E-state index contributed by atoms with van der Waals surface area (Å²) >= 11 is 0. The zero-order valence-corrected chi connectivity index (χ0v) is 12.0. The molecular weight excluding hydrogens is 250 g/mol. The van der Waals surface area contributed by atoms with Crippen LogP contribution >= 0.6 is 0 Å². The van der Waals surface area contributed by atoms with Crippen LogP contribution < -0.4 is 10.6 Å². The van der Waals surface area contributed by atoms with E-state index in [1.165, 1.54) is 6.42 Å². The predicted molar refractivity (Wildman–Crippen MR) is 80.3 cm³/mol. The van der Waals surface area contributed by atoms with Crippen molar-refractivity contribution in [2.24, 2.45) is 5.92 Å². The molecule has 1 aromatic heterocycles. The van der Waals surface area contributed by atoms with Crippen molar-refractivity contribution in [1.29, 1.82) is 0 Å². The zero-order valence-electron chi connectivity index (χ0n) is 12.0. The van der Waals surface area contributed by atoms with Crippen molar-refractivity contribution in [3.63, 3.8) is 0 Å². The summed E-state index contributed by atoms with van der Waals surface area (Å²) in [4.78, 5) is 16.0. The van der Waals surface area contributed by atoms with E-state index in [4.69, 9.17) is 0 Å². The van der Waals surface area contributed by atoms with E-state index in [0.717, 1.165) is 31.4 Å². The van der Waals surface area contributed by atoms with Crippen LogP contribution in [0.5, 0.6) is 0 Å². The highest BCUT2D eigenvalue weighted by Gasteiger charge is 2.14. The van der Waals surface area contributed by atoms with Crippen molar-refractivity contribution >= 4 is 6.03 Å². The summed E-state index contributed by atoms with van der Waals surface area (Å²) < 4.78 is 0. The SMILES string of the molecule is CC[C@H](NC(=O)NC[C@H]1CC=CCC1)c1ccncc1. The van der Waals surface area contributed by atoms with Gasteiger partial charge in [-0.2, -0.15) is 0 Å². The smallest absolute Gasteiger partial charge is 0.315 e. The van der Waals surface area contributed by atoms with Crippen LogP contribution in [-0.4, -0.2) is 17.6 Å². The van der Waals surface area contributed by atoms with Crippen LogP contribution in [-0.2, 0) is 0 Å². The Kier molecular flexibility index (Phi) is 5.59. The molecule has 20 heavy (non-hydrogen) atoms. The highest BCUT2D eigenvalue weighted by molar-refractivity contribution is 5.74. The molecule has 0 aromatic carbocycles. The number of pyridine rings is 1. The lowest BCUT2D eigenvalue weighted by Crippen LogP contribution is -2.40. The lowest BCUT2D eigenvalue weighted by atomic mass is 9.94. The molecular formula is C16H23N3O. The van der Waals surface area contributed by atoms with Gasteiger partial charge in [-0.1, -0.05) is 19.1 Å².